The lowest BCUT2D eigenvalue weighted by atomic mass is 9.68. The second-order valence-corrected chi connectivity index (χ2v) is 7.93. The van der Waals surface area contributed by atoms with E-state index in [0.717, 1.165) is 24.2 Å². The lowest BCUT2D eigenvalue weighted by Crippen LogP contribution is -2.54. The molecule has 0 radical (unpaired) electrons. The maximum atomic E-state index is 12.8. The number of rotatable bonds is 0. The minimum absolute atomic E-state index is 0.00397. The number of hydrogen-bond acceptors (Lipinski definition) is 3. The van der Waals surface area contributed by atoms with E-state index in [1.165, 1.54) is 11.3 Å². The van der Waals surface area contributed by atoms with Crippen molar-refractivity contribution >= 4 is 11.5 Å². The Balaban J connectivity index is 1.92. The Kier molecular flexibility index (Phi) is 2.62. The average molecular weight is 297 g/mol. The summed E-state index contributed by atoms with van der Waals surface area (Å²) in [4.78, 5) is 15.0. The maximum absolute atomic E-state index is 12.8. The van der Waals surface area contributed by atoms with E-state index in [4.69, 9.17) is 4.74 Å². The first kappa shape index (κ1) is 13.9. The highest BCUT2D eigenvalue weighted by atomic mass is 16.5. The molecular formula is C19H23NO2. The van der Waals surface area contributed by atoms with Gasteiger partial charge in [-0.1, -0.05) is 32.0 Å². The molecule has 0 N–H and O–H groups in total. The van der Waals surface area contributed by atoms with Gasteiger partial charge in [-0.2, -0.15) is 0 Å². The van der Waals surface area contributed by atoms with Crippen molar-refractivity contribution in [2.75, 3.05) is 11.9 Å². The highest BCUT2D eigenvalue weighted by molar-refractivity contribution is 5.99. The third kappa shape index (κ3) is 1.77. The number of carbonyl (C=O) groups is 1. The fraction of sp³-hybridized carbons (Fsp3) is 0.526. The zero-order valence-electron chi connectivity index (χ0n) is 13.8. The molecule has 1 aliphatic carbocycles. The van der Waals surface area contributed by atoms with Gasteiger partial charge < -0.3 is 9.64 Å². The summed E-state index contributed by atoms with van der Waals surface area (Å²) in [6.45, 7) is 6.46. The van der Waals surface area contributed by atoms with Crippen molar-refractivity contribution < 1.29 is 9.53 Å². The van der Waals surface area contributed by atoms with E-state index < -0.39 is 0 Å². The van der Waals surface area contributed by atoms with Crippen molar-refractivity contribution in [3.05, 3.63) is 41.2 Å². The van der Waals surface area contributed by atoms with Crippen LogP contribution in [0.1, 0.15) is 51.5 Å². The minimum atomic E-state index is -0.356. The van der Waals surface area contributed by atoms with Crippen LogP contribution < -0.4 is 4.90 Å². The first-order valence-corrected chi connectivity index (χ1v) is 8.09. The van der Waals surface area contributed by atoms with Gasteiger partial charge in [0.2, 0.25) is 0 Å². The molecule has 0 fully saturated rings. The number of ether oxygens (including phenoxy) is 1. The van der Waals surface area contributed by atoms with Gasteiger partial charge >= 0.3 is 0 Å². The van der Waals surface area contributed by atoms with E-state index in [-0.39, 0.29) is 22.8 Å². The number of allylic oxidation sites excluding steroid dienone is 2. The number of hydrogen-bond donors (Lipinski definition) is 0. The number of ketones is 1. The monoisotopic (exact) mass is 297 g/mol. The van der Waals surface area contributed by atoms with Crippen LogP contribution in [-0.2, 0) is 9.53 Å². The summed E-state index contributed by atoms with van der Waals surface area (Å²) in [6.07, 6.45) is 2.34. The number of fused-ring (bicyclic) bond motifs is 5. The SMILES string of the molecule is CN1c2ccccc2[C@@H]2C[C@@]1(C)OC1=C2C(=O)CC(C)(C)C1. The van der Waals surface area contributed by atoms with Crippen LogP contribution in [0.3, 0.4) is 0 Å². The quantitative estimate of drug-likeness (QED) is 0.725. The Morgan fingerprint density at radius 2 is 1.91 bits per heavy atom. The molecule has 0 unspecified atom stereocenters. The van der Waals surface area contributed by atoms with Crippen molar-refractivity contribution in [3.8, 4) is 0 Å². The standard InChI is InChI=1S/C19H23NO2/c1-18(2)10-15(21)17-13-9-19(3,22-16(17)11-18)20(4)14-8-6-5-7-12(13)14/h5-8,13H,9-11H2,1-4H3/t13-,19+/m0/s1. The summed E-state index contributed by atoms with van der Waals surface area (Å²) < 4.78 is 6.41. The number of anilines is 1. The first-order valence-electron chi connectivity index (χ1n) is 8.09. The molecule has 3 aliphatic rings. The van der Waals surface area contributed by atoms with Crippen LogP contribution in [-0.4, -0.2) is 18.6 Å². The Morgan fingerprint density at radius 3 is 2.68 bits per heavy atom. The molecule has 3 nitrogen and oxygen atoms in total. The molecule has 1 aromatic rings. The van der Waals surface area contributed by atoms with Crippen LogP contribution in [0.15, 0.2) is 35.6 Å². The van der Waals surface area contributed by atoms with Crippen LogP contribution in [0, 0.1) is 5.41 Å². The third-order valence-corrected chi connectivity index (χ3v) is 5.54. The van der Waals surface area contributed by atoms with E-state index >= 15 is 0 Å². The second kappa shape index (κ2) is 4.15. The highest BCUT2D eigenvalue weighted by Gasteiger charge is 2.51. The molecule has 0 saturated carbocycles. The molecule has 2 atom stereocenters. The largest absolute Gasteiger partial charge is 0.472 e. The van der Waals surface area contributed by atoms with E-state index in [1.54, 1.807) is 0 Å². The number of nitrogens with zero attached hydrogens (tertiary/aromatic N) is 1. The van der Waals surface area contributed by atoms with Crippen molar-refractivity contribution in [1.29, 1.82) is 0 Å². The first-order chi connectivity index (χ1) is 10.3. The smallest absolute Gasteiger partial charge is 0.180 e. The fourth-order valence-electron chi connectivity index (χ4n) is 4.36. The number of carbonyl (C=O) groups excluding carboxylic acids is 1. The molecule has 2 aliphatic heterocycles. The van der Waals surface area contributed by atoms with Gasteiger partial charge in [-0.15, -0.1) is 0 Å². The van der Waals surface area contributed by atoms with Gasteiger partial charge in [0.1, 0.15) is 5.76 Å². The van der Waals surface area contributed by atoms with Gasteiger partial charge in [0, 0.05) is 43.5 Å². The Bertz CT molecular complexity index is 703. The molecule has 116 valence electrons. The molecule has 0 amide bonds. The molecule has 2 bridgehead atoms. The molecule has 4 rings (SSSR count). The summed E-state index contributed by atoms with van der Waals surface area (Å²) in [5.41, 5.74) is 3.04. The van der Waals surface area contributed by atoms with Crippen molar-refractivity contribution in [2.45, 2.75) is 51.7 Å². The zero-order chi connectivity index (χ0) is 15.7. The zero-order valence-corrected chi connectivity index (χ0v) is 13.8. The van der Waals surface area contributed by atoms with Crippen molar-refractivity contribution in [1.82, 2.24) is 0 Å². The second-order valence-electron chi connectivity index (χ2n) is 7.93. The van der Waals surface area contributed by atoms with Crippen molar-refractivity contribution in [2.24, 2.45) is 5.41 Å². The molecule has 1 aromatic carbocycles. The summed E-state index contributed by atoms with van der Waals surface area (Å²) in [7, 11) is 2.09. The van der Waals surface area contributed by atoms with E-state index in [1.807, 2.05) is 0 Å². The molecule has 22 heavy (non-hydrogen) atoms. The van der Waals surface area contributed by atoms with Gasteiger partial charge in [0.25, 0.3) is 0 Å². The van der Waals surface area contributed by atoms with Gasteiger partial charge in [-0.05, 0) is 24.0 Å². The van der Waals surface area contributed by atoms with Crippen LogP contribution in [0.2, 0.25) is 0 Å². The minimum Gasteiger partial charge on any atom is -0.472 e. The molecular weight excluding hydrogens is 274 g/mol. The van der Waals surface area contributed by atoms with E-state index in [0.29, 0.717) is 6.42 Å². The van der Waals surface area contributed by atoms with Crippen molar-refractivity contribution in [3.63, 3.8) is 0 Å². The lowest BCUT2D eigenvalue weighted by Gasteiger charge is -2.53. The van der Waals surface area contributed by atoms with Crippen LogP contribution >= 0.6 is 0 Å². The maximum Gasteiger partial charge on any atom is 0.180 e. The van der Waals surface area contributed by atoms with Gasteiger partial charge in [0.15, 0.2) is 11.5 Å². The average Bonchev–Trinajstić information content (AvgIpc) is 2.42. The van der Waals surface area contributed by atoms with Crippen LogP contribution in [0.25, 0.3) is 0 Å². The lowest BCUT2D eigenvalue weighted by molar-refractivity contribution is -0.121. The van der Waals surface area contributed by atoms with E-state index in [2.05, 4.69) is 57.0 Å². The highest BCUT2D eigenvalue weighted by Crippen LogP contribution is 2.55. The summed E-state index contributed by atoms with van der Waals surface area (Å²) in [6, 6.07) is 8.42. The fourth-order valence-corrected chi connectivity index (χ4v) is 4.36. The normalized spacial score (nSPS) is 32.3. The predicted octanol–water partition coefficient (Wildman–Crippen LogP) is 4.00. The van der Waals surface area contributed by atoms with Crippen LogP contribution in [0.5, 0.6) is 0 Å². The topological polar surface area (TPSA) is 29.5 Å². The Labute approximate surface area is 132 Å². The molecule has 3 heteroatoms. The third-order valence-electron chi connectivity index (χ3n) is 5.54. The van der Waals surface area contributed by atoms with Gasteiger partial charge in [-0.25, -0.2) is 0 Å². The summed E-state index contributed by atoms with van der Waals surface area (Å²) in [5, 5.41) is 0. The number of benzene rings is 1. The van der Waals surface area contributed by atoms with Gasteiger partial charge in [-0.3, -0.25) is 4.79 Å². The van der Waals surface area contributed by atoms with E-state index in [9.17, 15) is 4.79 Å². The Hall–Kier alpha value is -1.77. The molecule has 0 saturated heterocycles. The number of Topliss-reactive ketones (excluding diaryl/α,β-unsaturated/α-hetero) is 1. The van der Waals surface area contributed by atoms with Gasteiger partial charge in [0.05, 0.1) is 0 Å². The summed E-state index contributed by atoms with van der Waals surface area (Å²) in [5.74, 6) is 1.39. The Morgan fingerprint density at radius 1 is 1.18 bits per heavy atom. The number of para-hydroxylation sites is 1. The molecule has 2 heterocycles. The molecule has 0 aromatic heterocycles. The predicted molar refractivity (Wildman–Crippen MR) is 86.7 cm³/mol. The molecule has 0 spiro atoms. The van der Waals surface area contributed by atoms with Crippen LogP contribution in [0.4, 0.5) is 5.69 Å². The summed E-state index contributed by atoms with van der Waals surface area (Å²) >= 11 is 0.